The summed E-state index contributed by atoms with van der Waals surface area (Å²) in [6, 6.07) is 18.0. The second-order valence-electron chi connectivity index (χ2n) is 10.9. The number of carbonyl (C=O) groups excluding carboxylic acids is 1. The molecule has 0 amide bonds. The van der Waals surface area contributed by atoms with Crippen molar-refractivity contribution < 1.29 is 9.53 Å². The highest BCUT2D eigenvalue weighted by Crippen LogP contribution is 2.18. The average molecular weight is 529 g/mol. The Labute approximate surface area is 236 Å². The number of benzene rings is 2. The fraction of sp³-hybridized carbons (Fsp3) is 0.514. The van der Waals surface area contributed by atoms with Crippen LogP contribution >= 0.6 is 0 Å². The Morgan fingerprint density at radius 3 is 1.90 bits per heavy atom. The minimum absolute atomic E-state index is 0.0576. The van der Waals surface area contributed by atoms with Gasteiger partial charge in [-0.15, -0.1) is 0 Å². The van der Waals surface area contributed by atoms with Crippen molar-refractivity contribution in [2.24, 2.45) is 0 Å². The SMILES string of the molecule is CCCCCCCCCCc1ccc(-c2ncc(CCCCCCC(C)OC(=O)c3ccccc3)cn2)cc1. The standard InChI is InChI=1S/C35H48N2O2/c1-3-4-5-6-7-8-9-14-19-30-23-25-32(26-24-30)34-36-27-31(28-37-34)20-15-11-10-13-18-29(2)39-35(38)33-21-16-12-17-22-33/h12,16-17,21-29H,3-11,13-15,18-20H2,1-2H3. The van der Waals surface area contributed by atoms with Crippen molar-refractivity contribution in [3.8, 4) is 11.4 Å². The summed E-state index contributed by atoms with van der Waals surface area (Å²) >= 11 is 0. The van der Waals surface area contributed by atoms with Gasteiger partial charge in [0.05, 0.1) is 11.7 Å². The molecule has 1 heterocycles. The maximum absolute atomic E-state index is 12.1. The predicted molar refractivity (Wildman–Crippen MR) is 162 cm³/mol. The van der Waals surface area contributed by atoms with E-state index in [1.165, 1.54) is 62.5 Å². The summed E-state index contributed by atoms with van der Waals surface area (Å²) < 4.78 is 5.55. The summed E-state index contributed by atoms with van der Waals surface area (Å²) in [6.45, 7) is 4.25. The lowest BCUT2D eigenvalue weighted by Gasteiger charge is -2.13. The number of aromatic nitrogens is 2. The highest BCUT2D eigenvalue weighted by molar-refractivity contribution is 5.89. The third-order valence-corrected chi connectivity index (χ3v) is 7.38. The van der Waals surface area contributed by atoms with Crippen LogP contribution in [-0.2, 0) is 17.6 Å². The highest BCUT2D eigenvalue weighted by atomic mass is 16.5. The van der Waals surface area contributed by atoms with Gasteiger partial charge in [-0.25, -0.2) is 14.8 Å². The number of unbranched alkanes of at least 4 members (excludes halogenated alkanes) is 10. The predicted octanol–water partition coefficient (Wildman–Crippen LogP) is 9.57. The van der Waals surface area contributed by atoms with Gasteiger partial charge in [-0.05, 0) is 68.7 Å². The van der Waals surface area contributed by atoms with Gasteiger partial charge in [0.2, 0.25) is 0 Å². The Morgan fingerprint density at radius 1 is 0.692 bits per heavy atom. The van der Waals surface area contributed by atoms with Gasteiger partial charge in [-0.3, -0.25) is 0 Å². The molecule has 39 heavy (non-hydrogen) atoms. The molecule has 1 unspecified atom stereocenters. The summed E-state index contributed by atoms with van der Waals surface area (Å²) in [6.07, 6.45) is 22.3. The number of hydrogen-bond acceptors (Lipinski definition) is 4. The van der Waals surface area contributed by atoms with Crippen LogP contribution in [0.3, 0.4) is 0 Å². The first-order valence-corrected chi connectivity index (χ1v) is 15.3. The maximum Gasteiger partial charge on any atom is 0.338 e. The molecule has 0 bridgehead atoms. The van der Waals surface area contributed by atoms with Crippen LogP contribution in [0.2, 0.25) is 0 Å². The Bertz CT molecular complexity index is 1050. The minimum Gasteiger partial charge on any atom is -0.459 e. The van der Waals surface area contributed by atoms with E-state index >= 15 is 0 Å². The number of aryl methyl sites for hydroxylation is 2. The van der Waals surface area contributed by atoms with Gasteiger partial charge in [0, 0.05) is 18.0 Å². The van der Waals surface area contributed by atoms with Crippen LogP contribution in [0.5, 0.6) is 0 Å². The molecule has 1 aromatic heterocycles. The average Bonchev–Trinajstić information content (AvgIpc) is 2.97. The number of nitrogens with zero attached hydrogens (tertiary/aromatic N) is 2. The molecule has 4 nitrogen and oxygen atoms in total. The van der Waals surface area contributed by atoms with Crippen molar-refractivity contribution in [2.45, 2.75) is 116 Å². The molecule has 4 heteroatoms. The molecule has 1 atom stereocenters. The molecule has 2 aromatic carbocycles. The Kier molecular flexibility index (Phi) is 14.3. The van der Waals surface area contributed by atoms with Crippen LogP contribution in [0.1, 0.15) is 119 Å². The normalized spacial score (nSPS) is 11.8. The summed E-state index contributed by atoms with van der Waals surface area (Å²) in [7, 11) is 0. The van der Waals surface area contributed by atoms with Crippen molar-refractivity contribution in [1.82, 2.24) is 9.97 Å². The van der Waals surface area contributed by atoms with Crippen molar-refractivity contribution in [3.05, 3.63) is 83.7 Å². The lowest BCUT2D eigenvalue weighted by Crippen LogP contribution is -2.14. The van der Waals surface area contributed by atoms with Gasteiger partial charge in [-0.1, -0.05) is 107 Å². The molecule has 0 saturated carbocycles. The van der Waals surface area contributed by atoms with Gasteiger partial charge in [0.15, 0.2) is 5.82 Å². The Morgan fingerprint density at radius 2 is 1.26 bits per heavy atom. The Balaban J connectivity index is 1.26. The molecular formula is C35H48N2O2. The fourth-order valence-electron chi connectivity index (χ4n) is 4.91. The second-order valence-corrected chi connectivity index (χ2v) is 10.9. The molecule has 0 spiro atoms. The van der Waals surface area contributed by atoms with E-state index in [4.69, 9.17) is 4.74 Å². The van der Waals surface area contributed by atoms with Gasteiger partial charge in [-0.2, -0.15) is 0 Å². The van der Waals surface area contributed by atoms with Crippen LogP contribution in [0.25, 0.3) is 11.4 Å². The molecule has 0 saturated heterocycles. The molecule has 3 rings (SSSR count). The van der Waals surface area contributed by atoms with E-state index in [0.29, 0.717) is 5.56 Å². The number of hydrogen-bond donors (Lipinski definition) is 0. The summed E-state index contributed by atoms with van der Waals surface area (Å²) in [5.41, 5.74) is 4.30. The zero-order chi connectivity index (χ0) is 27.5. The van der Waals surface area contributed by atoms with Crippen molar-refractivity contribution in [3.63, 3.8) is 0 Å². The zero-order valence-corrected chi connectivity index (χ0v) is 24.2. The van der Waals surface area contributed by atoms with Gasteiger partial charge < -0.3 is 4.74 Å². The van der Waals surface area contributed by atoms with Crippen LogP contribution in [0.15, 0.2) is 67.0 Å². The van der Waals surface area contributed by atoms with E-state index in [1.807, 2.05) is 37.5 Å². The van der Waals surface area contributed by atoms with Crippen molar-refractivity contribution >= 4 is 5.97 Å². The lowest BCUT2D eigenvalue weighted by molar-refractivity contribution is 0.0319. The molecular weight excluding hydrogens is 480 g/mol. The smallest absolute Gasteiger partial charge is 0.338 e. The van der Waals surface area contributed by atoms with E-state index in [-0.39, 0.29) is 12.1 Å². The number of ether oxygens (including phenoxy) is 1. The van der Waals surface area contributed by atoms with E-state index in [2.05, 4.69) is 41.2 Å². The first kappa shape index (κ1) is 30.5. The van der Waals surface area contributed by atoms with Gasteiger partial charge in [0.1, 0.15) is 0 Å². The maximum atomic E-state index is 12.1. The topological polar surface area (TPSA) is 52.1 Å². The third-order valence-electron chi connectivity index (χ3n) is 7.38. The van der Waals surface area contributed by atoms with E-state index in [1.54, 1.807) is 12.1 Å². The van der Waals surface area contributed by atoms with E-state index in [0.717, 1.165) is 56.3 Å². The molecule has 0 fully saturated rings. The lowest BCUT2D eigenvalue weighted by atomic mass is 10.0. The van der Waals surface area contributed by atoms with E-state index < -0.39 is 0 Å². The molecule has 0 aliphatic rings. The quantitative estimate of drug-likeness (QED) is 0.115. The van der Waals surface area contributed by atoms with Crippen LogP contribution in [0.4, 0.5) is 0 Å². The minimum atomic E-state index is -0.235. The molecule has 210 valence electrons. The number of esters is 1. The molecule has 0 aliphatic carbocycles. The third kappa shape index (κ3) is 12.1. The largest absolute Gasteiger partial charge is 0.459 e. The second kappa shape index (κ2) is 18.3. The van der Waals surface area contributed by atoms with Crippen LogP contribution < -0.4 is 0 Å². The van der Waals surface area contributed by atoms with E-state index in [9.17, 15) is 4.79 Å². The summed E-state index contributed by atoms with van der Waals surface area (Å²) in [4.78, 5) is 21.4. The van der Waals surface area contributed by atoms with Crippen LogP contribution in [-0.4, -0.2) is 22.0 Å². The number of rotatable bonds is 19. The first-order chi connectivity index (χ1) is 19.2. The fourth-order valence-corrected chi connectivity index (χ4v) is 4.91. The van der Waals surface area contributed by atoms with Crippen molar-refractivity contribution in [1.29, 1.82) is 0 Å². The molecule has 0 aliphatic heterocycles. The molecule has 3 aromatic rings. The Hall–Kier alpha value is -3.01. The monoisotopic (exact) mass is 528 g/mol. The zero-order valence-electron chi connectivity index (χ0n) is 24.2. The summed E-state index contributed by atoms with van der Waals surface area (Å²) in [5.74, 6) is 0.567. The van der Waals surface area contributed by atoms with Gasteiger partial charge in [0.25, 0.3) is 0 Å². The van der Waals surface area contributed by atoms with Gasteiger partial charge >= 0.3 is 5.97 Å². The molecule has 0 N–H and O–H groups in total. The summed E-state index contributed by atoms with van der Waals surface area (Å²) in [5, 5.41) is 0. The molecule has 0 radical (unpaired) electrons. The van der Waals surface area contributed by atoms with Crippen molar-refractivity contribution in [2.75, 3.05) is 0 Å². The number of carbonyl (C=O) groups is 1. The first-order valence-electron chi connectivity index (χ1n) is 15.3. The highest BCUT2D eigenvalue weighted by Gasteiger charge is 2.11. The van der Waals surface area contributed by atoms with Crippen LogP contribution in [0, 0.1) is 0 Å².